The maximum absolute atomic E-state index is 11.6. The lowest BCUT2D eigenvalue weighted by Gasteiger charge is -2.21. The van der Waals surface area contributed by atoms with Crippen molar-refractivity contribution in [3.05, 3.63) is 0 Å². The van der Waals surface area contributed by atoms with Gasteiger partial charge in [-0.15, -0.1) is 0 Å². The number of carbonyl (C=O) groups excluding carboxylic acids is 1. The molecule has 15 heavy (non-hydrogen) atoms. The SMILES string of the molecule is CC(C)N(C)C(=O)CNOCC(F)(F)F. The van der Waals surface area contributed by atoms with E-state index >= 15 is 0 Å². The van der Waals surface area contributed by atoms with E-state index in [-0.39, 0.29) is 18.5 Å². The summed E-state index contributed by atoms with van der Waals surface area (Å²) < 4.78 is 34.8. The molecule has 0 spiro atoms. The first-order valence-corrected chi connectivity index (χ1v) is 4.41. The van der Waals surface area contributed by atoms with Gasteiger partial charge in [-0.05, 0) is 13.8 Å². The van der Waals surface area contributed by atoms with Crippen LogP contribution in [0, 0.1) is 0 Å². The summed E-state index contributed by atoms with van der Waals surface area (Å²) in [5.74, 6) is -0.327. The number of hydrogen-bond acceptors (Lipinski definition) is 3. The first-order chi connectivity index (χ1) is 6.74. The van der Waals surface area contributed by atoms with Crippen molar-refractivity contribution in [1.82, 2.24) is 10.4 Å². The number of nitrogens with zero attached hydrogens (tertiary/aromatic N) is 1. The third-order valence-corrected chi connectivity index (χ3v) is 1.73. The van der Waals surface area contributed by atoms with Gasteiger partial charge in [0.15, 0.2) is 6.61 Å². The molecule has 0 heterocycles. The number of rotatable bonds is 5. The quantitative estimate of drug-likeness (QED) is 0.562. The Labute approximate surface area is 86.3 Å². The molecule has 90 valence electrons. The molecule has 0 aliphatic carbocycles. The van der Waals surface area contributed by atoms with Gasteiger partial charge in [-0.2, -0.15) is 18.7 Å². The van der Waals surface area contributed by atoms with Crippen molar-refractivity contribution >= 4 is 5.91 Å². The van der Waals surface area contributed by atoms with Crippen LogP contribution in [-0.2, 0) is 9.63 Å². The average molecular weight is 228 g/mol. The fourth-order valence-electron chi connectivity index (χ4n) is 0.658. The molecule has 0 unspecified atom stereocenters. The van der Waals surface area contributed by atoms with Crippen molar-refractivity contribution in [3.8, 4) is 0 Å². The van der Waals surface area contributed by atoms with Crippen LogP contribution in [-0.4, -0.2) is 43.2 Å². The average Bonchev–Trinajstić information content (AvgIpc) is 2.09. The molecule has 0 fully saturated rings. The minimum Gasteiger partial charge on any atom is -0.342 e. The molecule has 0 bridgehead atoms. The molecule has 0 aliphatic heterocycles. The van der Waals surface area contributed by atoms with E-state index in [1.165, 1.54) is 4.90 Å². The van der Waals surface area contributed by atoms with E-state index in [0.29, 0.717) is 0 Å². The molecule has 0 radical (unpaired) electrons. The minimum absolute atomic E-state index is 0.00177. The molecule has 4 nitrogen and oxygen atoms in total. The monoisotopic (exact) mass is 228 g/mol. The fourth-order valence-corrected chi connectivity index (χ4v) is 0.658. The highest BCUT2D eigenvalue weighted by Crippen LogP contribution is 2.13. The summed E-state index contributed by atoms with van der Waals surface area (Å²) in [5.41, 5.74) is 1.97. The normalized spacial score (nSPS) is 11.9. The zero-order chi connectivity index (χ0) is 12.1. The highest BCUT2D eigenvalue weighted by Gasteiger charge is 2.27. The molecule has 0 aliphatic rings. The second-order valence-corrected chi connectivity index (χ2v) is 3.32. The third kappa shape index (κ3) is 7.15. The van der Waals surface area contributed by atoms with Crippen LogP contribution in [0.1, 0.15) is 13.8 Å². The van der Waals surface area contributed by atoms with Crippen LogP contribution < -0.4 is 5.48 Å². The zero-order valence-corrected chi connectivity index (χ0v) is 8.89. The second-order valence-electron chi connectivity index (χ2n) is 3.32. The van der Waals surface area contributed by atoms with Crippen molar-refractivity contribution in [2.75, 3.05) is 20.2 Å². The van der Waals surface area contributed by atoms with Crippen LogP contribution in [0.5, 0.6) is 0 Å². The molecule has 1 N–H and O–H groups in total. The summed E-state index contributed by atoms with van der Waals surface area (Å²) in [6.07, 6.45) is -4.39. The highest BCUT2D eigenvalue weighted by molar-refractivity contribution is 5.78. The topological polar surface area (TPSA) is 41.6 Å². The summed E-state index contributed by atoms with van der Waals surface area (Å²) in [4.78, 5) is 16.7. The predicted octanol–water partition coefficient (Wildman–Crippen LogP) is 0.937. The van der Waals surface area contributed by atoms with Crippen LogP contribution in [0.4, 0.5) is 13.2 Å². The van der Waals surface area contributed by atoms with E-state index in [1.807, 2.05) is 5.48 Å². The van der Waals surface area contributed by atoms with E-state index in [9.17, 15) is 18.0 Å². The molecular formula is C8H15F3N2O2. The fraction of sp³-hybridized carbons (Fsp3) is 0.875. The maximum atomic E-state index is 11.6. The lowest BCUT2D eigenvalue weighted by molar-refractivity contribution is -0.190. The van der Waals surface area contributed by atoms with Crippen molar-refractivity contribution < 1.29 is 22.8 Å². The number of alkyl halides is 3. The highest BCUT2D eigenvalue weighted by atomic mass is 19.4. The van der Waals surface area contributed by atoms with Crippen LogP contribution in [0.15, 0.2) is 0 Å². The van der Waals surface area contributed by atoms with Crippen molar-refractivity contribution in [1.29, 1.82) is 0 Å². The molecule has 1 amide bonds. The molecule has 0 saturated carbocycles. The van der Waals surface area contributed by atoms with Crippen molar-refractivity contribution in [2.24, 2.45) is 0 Å². The summed E-state index contributed by atoms with van der Waals surface area (Å²) in [7, 11) is 1.57. The number of hydrogen-bond donors (Lipinski definition) is 1. The minimum atomic E-state index is -4.39. The molecule has 0 atom stereocenters. The van der Waals surface area contributed by atoms with E-state index in [4.69, 9.17) is 0 Å². The van der Waals surface area contributed by atoms with Gasteiger partial charge in [-0.3, -0.25) is 9.63 Å². The summed E-state index contributed by atoms with van der Waals surface area (Å²) in [6.45, 7) is 1.92. The van der Waals surface area contributed by atoms with Gasteiger partial charge in [0.25, 0.3) is 0 Å². The zero-order valence-electron chi connectivity index (χ0n) is 8.89. The van der Waals surface area contributed by atoms with Crippen molar-refractivity contribution in [2.45, 2.75) is 26.1 Å². The lowest BCUT2D eigenvalue weighted by atomic mass is 10.3. The Balaban J connectivity index is 3.65. The van der Waals surface area contributed by atoms with Crippen molar-refractivity contribution in [3.63, 3.8) is 0 Å². The predicted molar refractivity (Wildman–Crippen MR) is 47.9 cm³/mol. The van der Waals surface area contributed by atoms with Gasteiger partial charge in [0, 0.05) is 13.1 Å². The van der Waals surface area contributed by atoms with Gasteiger partial charge >= 0.3 is 6.18 Å². The Morgan fingerprint density at radius 1 is 1.47 bits per heavy atom. The van der Waals surface area contributed by atoms with Gasteiger partial charge in [-0.25, -0.2) is 0 Å². The number of likely N-dealkylation sites (N-methyl/N-ethyl adjacent to an activating group) is 1. The van der Waals surface area contributed by atoms with Gasteiger partial charge in [-0.1, -0.05) is 0 Å². The Hall–Kier alpha value is -0.820. The molecule has 0 aromatic heterocycles. The second kappa shape index (κ2) is 5.92. The summed E-state index contributed by atoms with van der Waals surface area (Å²) >= 11 is 0. The molecule has 7 heteroatoms. The van der Waals surface area contributed by atoms with Gasteiger partial charge in [0.2, 0.25) is 5.91 Å². The molecule has 0 rings (SSSR count). The van der Waals surface area contributed by atoms with E-state index < -0.39 is 12.8 Å². The van der Waals surface area contributed by atoms with E-state index in [0.717, 1.165) is 0 Å². The van der Waals surface area contributed by atoms with E-state index in [2.05, 4.69) is 4.84 Å². The van der Waals surface area contributed by atoms with Gasteiger partial charge < -0.3 is 4.90 Å². The first kappa shape index (κ1) is 14.2. The molecule has 0 aromatic rings. The van der Waals surface area contributed by atoms with E-state index in [1.54, 1.807) is 20.9 Å². The largest absolute Gasteiger partial charge is 0.413 e. The van der Waals surface area contributed by atoms with Crippen LogP contribution >= 0.6 is 0 Å². The number of hydroxylamine groups is 1. The number of nitrogens with one attached hydrogen (secondary N) is 1. The standard InChI is InChI=1S/C8H15F3N2O2/c1-6(2)13(3)7(14)4-12-15-5-8(9,10)11/h6,12H,4-5H2,1-3H3. The van der Waals surface area contributed by atoms with Crippen LogP contribution in [0.25, 0.3) is 0 Å². The number of amides is 1. The smallest absolute Gasteiger partial charge is 0.342 e. The molecular weight excluding hydrogens is 213 g/mol. The Morgan fingerprint density at radius 3 is 2.40 bits per heavy atom. The summed E-state index contributed by atoms with van der Waals surface area (Å²) in [6, 6.07) is 0.00177. The summed E-state index contributed by atoms with van der Waals surface area (Å²) in [5, 5.41) is 0. The Bertz CT molecular complexity index is 207. The number of carbonyl (C=O) groups is 1. The van der Waals surface area contributed by atoms with Crippen LogP contribution in [0.2, 0.25) is 0 Å². The lowest BCUT2D eigenvalue weighted by Crippen LogP contribution is -2.40. The maximum Gasteiger partial charge on any atom is 0.413 e. The third-order valence-electron chi connectivity index (χ3n) is 1.73. The number of halogens is 3. The Kier molecular flexibility index (Phi) is 5.59. The van der Waals surface area contributed by atoms with Gasteiger partial charge in [0.1, 0.15) is 6.54 Å². The van der Waals surface area contributed by atoms with Crippen LogP contribution in [0.3, 0.4) is 0 Å². The molecule has 0 aromatic carbocycles. The van der Waals surface area contributed by atoms with Gasteiger partial charge in [0.05, 0.1) is 0 Å². The molecule has 0 saturated heterocycles. The Morgan fingerprint density at radius 2 is 2.00 bits per heavy atom. The first-order valence-electron chi connectivity index (χ1n) is 4.41.